The second-order valence-electron chi connectivity index (χ2n) is 9.72. The van der Waals surface area contributed by atoms with E-state index in [9.17, 15) is 10.1 Å². The molecule has 1 unspecified atom stereocenters. The Hall–Kier alpha value is -4.22. The first-order chi connectivity index (χ1) is 20.7. The van der Waals surface area contributed by atoms with Crippen molar-refractivity contribution in [2.75, 3.05) is 32.8 Å². The molecule has 1 amide bonds. The van der Waals surface area contributed by atoms with Gasteiger partial charge in [-0.3, -0.25) is 9.69 Å². The SMILES string of the molecule is [2H]C([2H])([2H])N(C(=O)c1ccc(C2CCN(C(C)c3cc4c(-c5ccc(N)nc5C#N)ccnc4n3C)CC2)cc1)C([2H])([2H])[2H]. The van der Waals surface area contributed by atoms with Crippen molar-refractivity contribution in [1.29, 1.82) is 5.26 Å². The van der Waals surface area contributed by atoms with Gasteiger partial charge in [0, 0.05) is 63.7 Å². The molecule has 38 heavy (non-hydrogen) atoms. The van der Waals surface area contributed by atoms with Crippen molar-refractivity contribution in [2.24, 2.45) is 7.05 Å². The summed E-state index contributed by atoms with van der Waals surface area (Å²) >= 11 is 0. The number of piperidine rings is 1. The molecule has 1 aliphatic heterocycles. The number of amides is 1. The van der Waals surface area contributed by atoms with E-state index in [2.05, 4.69) is 38.5 Å². The molecule has 1 saturated heterocycles. The van der Waals surface area contributed by atoms with Crippen LogP contribution >= 0.6 is 0 Å². The Bertz CT molecular complexity index is 1720. The summed E-state index contributed by atoms with van der Waals surface area (Å²) in [5.74, 6) is -0.518. The molecule has 8 heteroatoms. The van der Waals surface area contributed by atoms with Gasteiger partial charge < -0.3 is 15.2 Å². The number of benzene rings is 1. The lowest BCUT2D eigenvalue weighted by Gasteiger charge is -2.36. The van der Waals surface area contributed by atoms with Crippen LogP contribution < -0.4 is 5.73 Å². The van der Waals surface area contributed by atoms with E-state index < -0.39 is 19.9 Å². The van der Waals surface area contributed by atoms with Gasteiger partial charge in [-0.1, -0.05) is 12.1 Å². The van der Waals surface area contributed by atoms with Gasteiger partial charge in [0.15, 0.2) is 5.69 Å². The molecule has 0 radical (unpaired) electrons. The fourth-order valence-corrected chi connectivity index (χ4v) is 5.49. The van der Waals surface area contributed by atoms with Crippen LogP contribution in [0.25, 0.3) is 22.2 Å². The summed E-state index contributed by atoms with van der Waals surface area (Å²) < 4.78 is 47.2. The molecule has 0 spiro atoms. The van der Waals surface area contributed by atoms with Crippen LogP contribution in [-0.2, 0) is 7.05 Å². The number of hydrogen-bond donors (Lipinski definition) is 1. The predicted molar refractivity (Wildman–Crippen MR) is 149 cm³/mol. The Balaban J connectivity index is 1.31. The number of rotatable bonds is 5. The maximum atomic E-state index is 12.8. The summed E-state index contributed by atoms with van der Waals surface area (Å²) in [7, 11) is 1.99. The number of hydrogen-bond acceptors (Lipinski definition) is 6. The molecule has 1 fully saturated rings. The molecule has 0 saturated carbocycles. The number of pyridine rings is 2. The standard InChI is InChI=1S/C30H33N7O/c1-19(37-15-12-21(13-16-37)20-5-7-22(8-6-20)30(38)35(2)3)27-17-25-23(11-14-33-29(25)36(27)4)24-9-10-28(32)34-26(24)18-31/h5-11,14,17,19,21H,12-13,15-16H2,1-4H3,(H2,32,34)/i2D3,3D3. The number of aryl methyl sites for hydroxylation is 1. The first kappa shape index (κ1) is 18.9. The van der Waals surface area contributed by atoms with Crippen LogP contribution in [0.5, 0.6) is 0 Å². The normalized spacial score (nSPS) is 18.3. The van der Waals surface area contributed by atoms with Crippen LogP contribution in [0.1, 0.15) is 67.3 Å². The van der Waals surface area contributed by atoms with Crippen molar-refractivity contribution < 1.29 is 13.0 Å². The molecule has 1 aliphatic rings. The van der Waals surface area contributed by atoms with Crippen LogP contribution in [0.15, 0.2) is 54.7 Å². The van der Waals surface area contributed by atoms with E-state index in [0.29, 0.717) is 11.4 Å². The van der Waals surface area contributed by atoms with Gasteiger partial charge in [0.2, 0.25) is 0 Å². The summed E-state index contributed by atoms with van der Waals surface area (Å²) in [4.78, 5) is 24.0. The highest BCUT2D eigenvalue weighted by atomic mass is 16.2. The van der Waals surface area contributed by atoms with Crippen molar-refractivity contribution in [1.82, 2.24) is 24.3 Å². The fourth-order valence-electron chi connectivity index (χ4n) is 5.49. The molecule has 8 nitrogen and oxygen atoms in total. The number of nitrogens with two attached hydrogens (primary N) is 1. The van der Waals surface area contributed by atoms with Gasteiger partial charge in [0.1, 0.15) is 17.5 Å². The summed E-state index contributed by atoms with van der Waals surface area (Å²) in [5.41, 5.74) is 10.6. The zero-order chi connectivity index (χ0) is 32.0. The highest BCUT2D eigenvalue weighted by Gasteiger charge is 2.27. The van der Waals surface area contributed by atoms with E-state index in [1.807, 2.05) is 19.2 Å². The van der Waals surface area contributed by atoms with E-state index in [4.69, 9.17) is 14.0 Å². The Morgan fingerprint density at radius 2 is 1.89 bits per heavy atom. The van der Waals surface area contributed by atoms with Gasteiger partial charge in [0.25, 0.3) is 5.91 Å². The van der Waals surface area contributed by atoms with E-state index in [0.717, 1.165) is 53.8 Å². The fraction of sp³-hybridized carbons (Fsp3) is 0.333. The Morgan fingerprint density at radius 3 is 2.58 bits per heavy atom. The number of anilines is 1. The van der Waals surface area contributed by atoms with Crippen molar-refractivity contribution in [3.63, 3.8) is 0 Å². The molecular weight excluding hydrogens is 474 g/mol. The summed E-state index contributed by atoms with van der Waals surface area (Å²) in [6.45, 7) is -2.33. The minimum Gasteiger partial charge on any atom is -0.384 e. The highest BCUT2D eigenvalue weighted by molar-refractivity contribution is 5.95. The van der Waals surface area contributed by atoms with Crippen LogP contribution in [0, 0.1) is 11.3 Å². The zero-order valence-electron chi connectivity index (χ0n) is 27.3. The third-order valence-electron chi connectivity index (χ3n) is 7.62. The lowest BCUT2D eigenvalue weighted by Crippen LogP contribution is -2.35. The van der Waals surface area contributed by atoms with Gasteiger partial charge >= 0.3 is 0 Å². The molecule has 1 aromatic carbocycles. The average Bonchev–Trinajstić information content (AvgIpc) is 3.32. The van der Waals surface area contributed by atoms with Crippen molar-refractivity contribution >= 4 is 22.8 Å². The minimum atomic E-state index is -3.08. The second-order valence-corrected chi connectivity index (χ2v) is 9.72. The monoisotopic (exact) mass is 513 g/mol. The number of nitriles is 1. The largest absolute Gasteiger partial charge is 0.384 e. The average molecular weight is 514 g/mol. The molecule has 4 aromatic rings. The maximum Gasteiger partial charge on any atom is 0.253 e. The molecular formula is C30H33N7O. The third kappa shape index (κ3) is 4.61. The molecule has 3 aromatic heterocycles. The summed E-state index contributed by atoms with van der Waals surface area (Å²) in [6.07, 6.45) is 3.49. The molecule has 5 rings (SSSR count). The number of fused-ring (bicyclic) bond motifs is 1. The number of carbonyl (C=O) groups is 1. The van der Waals surface area contributed by atoms with Crippen LogP contribution in [-0.4, -0.2) is 57.3 Å². The first-order valence-electron chi connectivity index (χ1n) is 15.5. The Kier molecular flexibility index (Phi) is 5.12. The topological polar surface area (TPSA) is 104 Å². The number of likely N-dealkylation sites (tertiary alicyclic amines) is 1. The zero-order valence-corrected chi connectivity index (χ0v) is 21.3. The second kappa shape index (κ2) is 10.3. The van der Waals surface area contributed by atoms with Gasteiger partial charge in [-0.25, -0.2) is 9.97 Å². The quantitative estimate of drug-likeness (QED) is 0.414. The Labute approximate surface area is 231 Å². The van der Waals surface area contributed by atoms with Crippen LogP contribution in [0.4, 0.5) is 5.82 Å². The van der Waals surface area contributed by atoms with E-state index in [1.165, 1.54) is 12.1 Å². The van der Waals surface area contributed by atoms with Gasteiger partial charge in [-0.2, -0.15) is 5.26 Å². The van der Waals surface area contributed by atoms with Gasteiger partial charge in [0.05, 0.1) is 0 Å². The first-order valence-corrected chi connectivity index (χ1v) is 12.5. The van der Waals surface area contributed by atoms with Crippen LogP contribution in [0.3, 0.4) is 0 Å². The van der Waals surface area contributed by atoms with Crippen molar-refractivity contribution in [3.8, 4) is 17.2 Å². The number of nitrogen functional groups attached to an aromatic ring is 1. The smallest absolute Gasteiger partial charge is 0.253 e. The summed E-state index contributed by atoms with van der Waals surface area (Å²) in [6, 6.07) is 16.3. The van der Waals surface area contributed by atoms with Gasteiger partial charge in [-0.05, 0) is 86.3 Å². The molecule has 0 bridgehead atoms. The molecule has 1 atom stereocenters. The van der Waals surface area contributed by atoms with E-state index in [-0.39, 0.29) is 28.1 Å². The third-order valence-corrected chi connectivity index (χ3v) is 7.62. The number of aromatic nitrogens is 3. The molecule has 2 N–H and O–H groups in total. The number of nitrogens with zero attached hydrogens (tertiary/aromatic N) is 6. The molecule has 194 valence electrons. The Morgan fingerprint density at radius 1 is 1.16 bits per heavy atom. The molecule has 0 aliphatic carbocycles. The predicted octanol–water partition coefficient (Wildman–Crippen LogP) is 4.73. The molecule has 4 heterocycles. The van der Waals surface area contributed by atoms with Gasteiger partial charge in [-0.15, -0.1) is 0 Å². The maximum absolute atomic E-state index is 12.8. The van der Waals surface area contributed by atoms with E-state index >= 15 is 0 Å². The minimum absolute atomic E-state index is 0.0184. The van der Waals surface area contributed by atoms with Crippen LogP contribution in [0.2, 0.25) is 0 Å². The lowest BCUT2D eigenvalue weighted by molar-refractivity contribution is 0.0827. The van der Waals surface area contributed by atoms with Crippen molar-refractivity contribution in [3.05, 3.63) is 77.2 Å². The van der Waals surface area contributed by atoms with Crippen molar-refractivity contribution in [2.45, 2.75) is 31.7 Å². The lowest BCUT2D eigenvalue weighted by atomic mass is 9.88. The number of carbonyl (C=O) groups excluding carboxylic acids is 1. The summed E-state index contributed by atoms with van der Waals surface area (Å²) in [5, 5.41) is 10.6. The van der Waals surface area contributed by atoms with E-state index in [1.54, 1.807) is 24.4 Å². The highest BCUT2D eigenvalue weighted by Crippen LogP contribution is 2.36.